The van der Waals surface area contributed by atoms with Gasteiger partial charge in [0.05, 0.1) is 44.1 Å². The molecule has 14 atom stereocenters. The molecule has 0 radical (unpaired) electrons. The number of hydrogen-bond acceptors (Lipinski definition) is 17. The number of nitrogens with one attached hydrogen (secondary N) is 11. The van der Waals surface area contributed by atoms with Crippen LogP contribution in [0.25, 0.3) is 0 Å². The zero-order valence-corrected chi connectivity index (χ0v) is 52.1. The molecule has 1 saturated heterocycles. The third kappa shape index (κ3) is 24.9. The second-order valence-electron chi connectivity index (χ2n) is 25.3. The number of rotatable bonds is 19. The summed E-state index contributed by atoms with van der Waals surface area (Å²) in [6.07, 6.45) is -2.86. The summed E-state index contributed by atoms with van der Waals surface area (Å²) in [7, 11) is 0. The Balaban J connectivity index is 3.06. The van der Waals surface area contributed by atoms with Gasteiger partial charge in [0, 0.05) is 0 Å². The van der Waals surface area contributed by atoms with E-state index in [1.165, 1.54) is 45.0 Å². The lowest BCUT2D eigenvalue weighted by molar-refractivity contribution is -0.139. The molecule has 0 aliphatic carbocycles. The minimum atomic E-state index is -2.01. The smallest absolute Gasteiger partial charge is 0.245 e. The topological polar surface area (TPSA) is 453 Å². The van der Waals surface area contributed by atoms with Crippen molar-refractivity contribution in [2.45, 2.75) is 207 Å². The van der Waals surface area contributed by atoms with Crippen LogP contribution >= 0.6 is 0 Å². The molecule has 0 aromatic heterocycles. The monoisotopic (exact) mass is 1220 g/mol. The minimum Gasteiger partial charge on any atom is -0.394 e. The predicted molar refractivity (Wildman–Crippen MR) is 318 cm³/mol. The van der Waals surface area contributed by atoms with Crippen LogP contribution in [0.4, 0.5) is 0 Å². The van der Waals surface area contributed by atoms with Crippen molar-refractivity contribution in [1.29, 1.82) is 0 Å². The molecule has 2 rings (SSSR count). The fourth-order valence-electron chi connectivity index (χ4n) is 9.23. The molecule has 0 bridgehead atoms. The number of amides is 11. The maximum absolute atomic E-state index is 15.4. The van der Waals surface area contributed by atoms with Crippen molar-refractivity contribution >= 4 is 65.0 Å². The lowest BCUT2D eigenvalue weighted by atomic mass is 9.86. The number of nitrogens with two attached hydrogens (primary N) is 2. The summed E-state index contributed by atoms with van der Waals surface area (Å²) in [5.74, 6) is -13.1. The first-order chi connectivity index (χ1) is 40.0. The van der Waals surface area contributed by atoms with Crippen LogP contribution < -0.4 is 70.0 Å². The van der Waals surface area contributed by atoms with Crippen LogP contribution in [0.1, 0.15) is 140 Å². The molecule has 11 amide bonds. The molecular formula is C58H99N13O15. The van der Waals surface area contributed by atoms with Gasteiger partial charge in [-0.2, -0.15) is 0 Å². The van der Waals surface area contributed by atoms with Gasteiger partial charge in [-0.1, -0.05) is 120 Å². The van der Waals surface area contributed by atoms with Crippen molar-refractivity contribution < 1.29 is 73.2 Å². The Kier molecular flexibility index (Phi) is 30.7. The molecular weight excluding hydrogens is 1120 g/mol. The Morgan fingerprint density at radius 3 is 1.64 bits per heavy atom. The molecule has 0 spiro atoms. The van der Waals surface area contributed by atoms with E-state index in [0.29, 0.717) is 6.42 Å². The molecule has 1 aliphatic rings. The van der Waals surface area contributed by atoms with E-state index < -0.39 is 186 Å². The van der Waals surface area contributed by atoms with Gasteiger partial charge in [0.25, 0.3) is 0 Å². The number of carbonyl (C=O) groups is 11. The Morgan fingerprint density at radius 2 is 1.12 bits per heavy atom. The number of hydrogen-bond donors (Lipinski definition) is 17. The van der Waals surface area contributed by atoms with Gasteiger partial charge >= 0.3 is 0 Å². The van der Waals surface area contributed by atoms with Crippen LogP contribution in [0.3, 0.4) is 0 Å². The summed E-state index contributed by atoms with van der Waals surface area (Å²) in [5, 5.41) is 70.9. The van der Waals surface area contributed by atoms with Gasteiger partial charge in [0.2, 0.25) is 65.0 Å². The number of aliphatic hydroxyl groups is 4. The zero-order chi connectivity index (χ0) is 65.6. The Labute approximate surface area is 504 Å². The first-order valence-electron chi connectivity index (χ1n) is 29.4. The van der Waals surface area contributed by atoms with E-state index in [1.54, 1.807) is 54.5 Å². The number of carbonyl (C=O) groups excluding carboxylic acids is 11. The molecule has 1 heterocycles. The Hall–Kier alpha value is -6.85. The van der Waals surface area contributed by atoms with Crippen LogP contribution in [0.5, 0.6) is 0 Å². The van der Waals surface area contributed by atoms with Crippen LogP contribution in [-0.2, 0) is 52.7 Å². The zero-order valence-electron chi connectivity index (χ0n) is 52.1. The number of benzene rings is 1. The van der Waals surface area contributed by atoms with Crippen LogP contribution in [0.2, 0.25) is 0 Å². The molecule has 28 nitrogen and oxygen atoms in total. The summed E-state index contributed by atoms with van der Waals surface area (Å²) >= 11 is 0. The summed E-state index contributed by atoms with van der Waals surface area (Å²) < 4.78 is 0. The lowest BCUT2D eigenvalue weighted by Crippen LogP contribution is -2.65. The Bertz CT molecular complexity index is 2450. The number of aliphatic hydroxyl groups excluding tert-OH is 4. The van der Waals surface area contributed by atoms with E-state index in [4.69, 9.17) is 11.5 Å². The molecule has 0 saturated carbocycles. The van der Waals surface area contributed by atoms with E-state index in [2.05, 4.69) is 58.5 Å². The minimum absolute atomic E-state index is 0.0433. The highest BCUT2D eigenvalue weighted by Gasteiger charge is 2.42. The molecule has 19 N–H and O–H groups in total. The normalized spacial score (nSPS) is 25.4. The van der Waals surface area contributed by atoms with Crippen molar-refractivity contribution in [2.24, 2.45) is 40.1 Å². The van der Waals surface area contributed by atoms with Crippen molar-refractivity contribution in [3.8, 4) is 0 Å². The fraction of sp³-hybridized carbons (Fsp3) is 0.707. The highest BCUT2D eigenvalue weighted by atomic mass is 16.3. The summed E-state index contributed by atoms with van der Waals surface area (Å²) in [6.45, 7) is 18.9. The fourth-order valence-corrected chi connectivity index (χ4v) is 9.23. The van der Waals surface area contributed by atoms with Gasteiger partial charge in [-0.3, -0.25) is 52.7 Å². The van der Waals surface area contributed by atoms with E-state index in [1.807, 2.05) is 20.8 Å². The van der Waals surface area contributed by atoms with Crippen LogP contribution in [0, 0.1) is 28.6 Å². The highest BCUT2D eigenvalue weighted by molar-refractivity contribution is 5.99. The van der Waals surface area contributed by atoms with E-state index in [9.17, 15) is 68.4 Å². The second-order valence-corrected chi connectivity index (χ2v) is 25.3. The predicted octanol–water partition coefficient (Wildman–Crippen LogP) is -3.25. The maximum atomic E-state index is 15.4. The summed E-state index contributed by atoms with van der Waals surface area (Å²) in [5.41, 5.74) is 11.2. The summed E-state index contributed by atoms with van der Waals surface area (Å²) in [4.78, 5) is 157. The quantitative estimate of drug-likeness (QED) is 0.0647. The van der Waals surface area contributed by atoms with Crippen molar-refractivity contribution in [3.63, 3.8) is 0 Å². The Morgan fingerprint density at radius 1 is 0.616 bits per heavy atom. The third-order valence-electron chi connectivity index (χ3n) is 14.2. The van der Waals surface area contributed by atoms with Gasteiger partial charge in [-0.25, -0.2) is 0 Å². The summed E-state index contributed by atoms with van der Waals surface area (Å²) in [6, 6.07) is -10.4. The lowest BCUT2D eigenvalue weighted by Gasteiger charge is -2.35. The van der Waals surface area contributed by atoms with Crippen molar-refractivity contribution in [3.05, 3.63) is 35.9 Å². The molecule has 1 aliphatic heterocycles. The van der Waals surface area contributed by atoms with Crippen LogP contribution in [-0.4, -0.2) is 184 Å². The maximum Gasteiger partial charge on any atom is 0.245 e. The molecule has 1 unspecified atom stereocenters. The molecule has 486 valence electrons. The van der Waals surface area contributed by atoms with Gasteiger partial charge in [0.1, 0.15) is 54.4 Å². The van der Waals surface area contributed by atoms with E-state index in [-0.39, 0.29) is 50.1 Å². The first kappa shape index (κ1) is 75.2. The molecule has 1 fully saturated rings. The molecule has 28 heteroatoms. The van der Waals surface area contributed by atoms with Crippen LogP contribution in [0.15, 0.2) is 30.3 Å². The van der Waals surface area contributed by atoms with Crippen molar-refractivity contribution in [1.82, 2.24) is 58.5 Å². The highest BCUT2D eigenvalue weighted by Crippen LogP contribution is 2.25. The van der Waals surface area contributed by atoms with Gasteiger partial charge in [-0.05, 0) is 79.7 Å². The van der Waals surface area contributed by atoms with Gasteiger partial charge in [0.15, 0.2) is 0 Å². The standard InChI is InChI=1S/C58H99N13O15/c1-14-31(6)41-54(84)68-42(32(7)74)53(83)61-26-40(75)62-38(27-72)51(81)66-39(28-73)52(82)69-43(33-19-16-15-17-20-33)44(70-50(80)37(25-58(11,12)13)65-47(77)34(60)24-57(8,9)10)55(85)71-45(46(76)30(4)5)56(86)64-36(23-29(2)3)49(79)63-35(21-18-22-59)48(78)67-41/h15-17,19-20,29-32,34-39,41-46,72-74,76H,14,18,21-28,59-60H2,1-13H3,(H,61,83)(H,62,75)(H,63,79)(H,64,86)(H,65,77)(H,66,81)(H,67,78)(H,68,84)(H,69,82)(H,70,80)(H,71,85)/t31-,32-,34+,35+,36-,37-,38-,39?,41-,42-,43+,44-,45-,46+/m0/s1. The van der Waals surface area contributed by atoms with Crippen molar-refractivity contribution in [2.75, 3.05) is 26.3 Å². The van der Waals surface area contributed by atoms with E-state index >= 15 is 4.79 Å². The second kappa shape index (κ2) is 35.1. The molecule has 1 aromatic rings. The van der Waals surface area contributed by atoms with Gasteiger partial charge in [-0.15, -0.1) is 0 Å². The molecule has 86 heavy (non-hydrogen) atoms. The largest absolute Gasteiger partial charge is 0.394 e. The SMILES string of the molecule is CC[C@H](C)[C@@H]1NC(=O)[C@@H](CCCN)NC(=O)[C@H](CC(C)C)NC(=O)[C@H]([C@H](O)C(C)C)NC(=O)[C@@H](NC(=O)[C@H](CC(C)(C)C)NC(=O)[C@H](N)CC(C)(C)C)[C@@H](c2ccccc2)NC(=O)C(CO)NC(=O)[C@H](CO)NC(=O)CNC(=O)[C@H]([C@H](C)O)NC1=O. The third-order valence-corrected chi connectivity index (χ3v) is 14.2. The molecule has 1 aromatic carbocycles. The average Bonchev–Trinajstić information content (AvgIpc) is 2.11. The van der Waals surface area contributed by atoms with Gasteiger partial charge < -0.3 is 90.4 Å². The average molecular weight is 1220 g/mol. The van der Waals surface area contributed by atoms with E-state index in [0.717, 1.165) is 0 Å². The first-order valence-corrected chi connectivity index (χ1v) is 29.4.